The minimum Gasteiger partial charge on any atom is -0.426 e. The average molecular weight is 246 g/mol. The SMILES string of the molecule is O=S(CSc1ccncc1)NCB(O)O. The maximum absolute atomic E-state index is 11.3. The Kier molecular flexibility index (Phi) is 5.88. The molecule has 1 aromatic heterocycles. The number of aromatic nitrogens is 1. The monoisotopic (exact) mass is 246 g/mol. The second-order valence-corrected chi connectivity index (χ2v) is 5.30. The van der Waals surface area contributed by atoms with Crippen molar-refractivity contribution in [3.05, 3.63) is 24.5 Å². The van der Waals surface area contributed by atoms with Gasteiger partial charge in [0.2, 0.25) is 0 Å². The molecule has 1 rings (SSSR count). The molecular formula is C7H11BN2O3S2. The molecule has 0 spiro atoms. The summed E-state index contributed by atoms with van der Waals surface area (Å²) in [4.78, 5) is 4.84. The molecule has 0 fully saturated rings. The van der Waals surface area contributed by atoms with Gasteiger partial charge < -0.3 is 10.0 Å². The topological polar surface area (TPSA) is 82.5 Å². The van der Waals surface area contributed by atoms with E-state index in [0.29, 0.717) is 5.08 Å². The van der Waals surface area contributed by atoms with Crippen LogP contribution in [-0.4, -0.2) is 37.9 Å². The van der Waals surface area contributed by atoms with Crippen LogP contribution in [0.3, 0.4) is 0 Å². The first-order valence-electron chi connectivity index (χ1n) is 4.19. The van der Waals surface area contributed by atoms with Crippen LogP contribution in [0, 0.1) is 0 Å². The van der Waals surface area contributed by atoms with Crippen LogP contribution < -0.4 is 4.72 Å². The highest BCUT2D eigenvalue weighted by Gasteiger charge is 2.08. The smallest absolute Gasteiger partial charge is 0.426 e. The number of thioether (sulfide) groups is 1. The van der Waals surface area contributed by atoms with Gasteiger partial charge in [0.15, 0.2) is 0 Å². The molecule has 0 aromatic carbocycles. The van der Waals surface area contributed by atoms with Crippen LogP contribution in [-0.2, 0) is 11.0 Å². The Morgan fingerprint density at radius 1 is 1.47 bits per heavy atom. The summed E-state index contributed by atoms with van der Waals surface area (Å²) >= 11 is 1.41. The lowest BCUT2D eigenvalue weighted by molar-refractivity contribution is 0.405. The van der Waals surface area contributed by atoms with E-state index >= 15 is 0 Å². The van der Waals surface area contributed by atoms with Crippen LogP contribution >= 0.6 is 11.8 Å². The Hall–Kier alpha value is -0.405. The quantitative estimate of drug-likeness (QED) is 0.461. The standard InChI is InChI=1S/C7H11BN2O3S2/c11-8(12)5-10-15(13)6-14-7-1-3-9-4-2-7/h1-4,10-12H,5-6H2. The van der Waals surface area contributed by atoms with Crippen LogP contribution in [0.1, 0.15) is 0 Å². The first-order chi connectivity index (χ1) is 7.18. The van der Waals surface area contributed by atoms with Crippen LogP contribution in [0.25, 0.3) is 0 Å². The number of hydrogen-bond donors (Lipinski definition) is 3. The number of pyridine rings is 1. The molecule has 15 heavy (non-hydrogen) atoms. The summed E-state index contributed by atoms with van der Waals surface area (Å²) in [5, 5.41) is 17.4. The highest BCUT2D eigenvalue weighted by Crippen LogP contribution is 2.16. The third-order valence-electron chi connectivity index (χ3n) is 1.41. The summed E-state index contributed by atoms with van der Waals surface area (Å²) < 4.78 is 13.8. The van der Waals surface area contributed by atoms with Crippen molar-refractivity contribution in [2.75, 3.05) is 11.5 Å². The maximum atomic E-state index is 11.3. The van der Waals surface area contributed by atoms with Crippen molar-refractivity contribution < 1.29 is 14.3 Å². The van der Waals surface area contributed by atoms with Gasteiger partial charge in [0, 0.05) is 23.7 Å². The molecule has 0 saturated heterocycles. The summed E-state index contributed by atoms with van der Waals surface area (Å²) in [6.45, 7) is 0. The van der Waals surface area contributed by atoms with Crippen molar-refractivity contribution in [3.63, 3.8) is 0 Å². The molecule has 82 valence electrons. The van der Waals surface area contributed by atoms with E-state index in [2.05, 4.69) is 9.71 Å². The molecule has 5 nitrogen and oxygen atoms in total. The second-order valence-electron chi connectivity index (χ2n) is 2.62. The van der Waals surface area contributed by atoms with Crippen LogP contribution in [0.4, 0.5) is 0 Å². The van der Waals surface area contributed by atoms with Gasteiger partial charge in [0.1, 0.15) is 11.0 Å². The van der Waals surface area contributed by atoms with E-state index in [0.717, 1.165) is 4.90 Å². The fraction of sp³-hybridized carbons (Fsp3) is 0.286. The lowest BCUT2D eigenvalue weighted by atomic mass is 9.94. The third-order valence-corrected chi connectivity index (χ3v) is 3.83. The summed E-state index contributed by atoms with van der Waals surface area (Å²) in [6.07, 6.45) is 3.23. The van der Waals surface area contributed by atoms with E-state index in [1.807, 2.05) is 12.1 Å². The van der Waals surface area contributed by atoms with Crippen LogP contribution in [0.2, 0.25) is 0 Å². The zero-order chi connectivity index (χ0) is 11.1. The van der Waals surface area contributed by atoms with E-state index in [9.17, 15) is 4.21 Å². The molecule has 0 aliphatic heterocycles. The van der Waals surface area contributed by atoms with E-state index in [1.54, 1.807) is 12.4 Å². The molecule has 1 aromatic rings. The first kappa shape index (κ1) is 12.7. The van der Waals surface area contributed by atoms with Gasteiger partial charge in [-0.05, 0) is 12.1 Å². The number of hydrogen-bond acceptors (Lipinski definition) is 5. The molecular weight excluding hydrogens is 235 g/mol. The van der Waals surface area contributed by atoms with Gasteiger partial charge in [0.25, 0.3) is 0 Å². The lowest BCUT2D eigenvalue weighted by Crippen LogP contribution is -2.32. The van der Waals surface area contributed by atoms with Gasteiger partial charge in [-0.1, -0.05) is 0 Å². The lowest BCUT2D eigenvalue weighted by Gasteiger charge is -2.03. The Labute approximate surface area is 95.0 Å². The normalized spacial score (nSPS) is 12.4. The van der Waals surface area contributed by atoms with Crippen molar-refractivity contribution in [2.45, 2.75) is 4.90 Å². The van der Waals surface area contributed by atoms with Crippen LogP contribution in [0.5, 0.6) is 0 Å². The minimum atomic E-state index is -1.47. The molecule has 0 aliphatic carbocycles. The average Bonchev–Trinajstić information content (AvgIpc) is 2.25. The largest absolute Gasteiger partial charge is 0.467 e. The molecule has 0 radical (unpaired) electrons. The summed E-state index contributed by atoms with van der Waals surface area (Å²) in [6, 6.07) is 3.64. The molecule has 3 N–H and O–H groups in total. The highest BCUT2D eigenvalue weighted by atomic mass is 32.2. The summed E-state index contributed by atoms with van der Waals surface area (Å²) in [5.74, 6) is 0. The van der Waals surface area contributed by atoms with Crippen molar-refractivity contribution in [3.8, 4) is 0 Å². The highest BCUT2D eigenvalue weighted by molar-refractivity contribution is 8.09. The number of rotatable bonds is 6. The summed E-state index contributed by atoms with van der Waals surface area (Å²) in [5.41, 5.74) is 0. The van der Waals surface area contributed by atoms with Gasteiger partial charge in [-0.25, -0.2) is 8.93 Å². The zero-order valence-electron chi connectivity index (χ0n) is 7.87. The third kappa shape index (κ3) is 5.90. The predicted molar refractivity (Wildman–Crippen MR) is 61.3 cm³/mol. The van der Waals surface area contributed by atoms with Gasteiger partial charge in [-0.3, -0.25) is 4.98 Å². The van der Waals surface area contributed by atoms with Crippen LogP contribution in [0.15, 0.2) is 29.4 Å². The van der Waals surface area contributed by atoms with Crippen molar-refractivity contribution in [1.29, 1.82) is 0 Å². The fourth-order valence-electron chi connectivity index (χ4n) is 0.765. The van der Waals surface area contributed by atoms with E-state index < -0.39 is 18.1 Å². The Morgan fingerprint density at radius 2 is 2.13 bits per heavy atom. The van der Waals surface area contributed by atoms with Crippen molar-refractivity contribution in [2.24, 2.45) is 0 Å². The van der Waals surface area contributed by atoms with E-state index in [-0.39, 0.29) is 6.44 Å². The molecule has 1 unspecified atom stereocenters. The van der Waals surface area contributed by atoms with E-state index in [4.69, 9.17) is 10.0 Å². The molecule has 0 saturated carbocycles. The second kappa shape index (κ2) is 6.97. The van der Waals surface area contributed by atoms with Gasteiger partial charge >= 0.3 is 7.12 Å². The first-order valence-corrected chi connectivity index (χ1v) is 6.50. The Balaban J connectivity index is 2.23. The Bertz CT molecular complexity index is 312. The molecule has 1 atom stereocenters. The van der Waals surface area contributed by atoms with E-state index in [1.165, 1.54) is 11.8 Å². The molecule has 1 heterocycles. The molecule has 0 amide bonds. The number of nitrogens with zero attached hydrogens (tertiary/aromatic N) is 1. The molecule has 8 heteroatoms. The molecule has 0 bridgehead atoms. The van der Waals surface area contributed by atoms with Crippen molar-refractivity contribution >= 4 is 29.9 Å². The maximum Gasteiger partial charge on any atom is 0.467 e. The van der Waals surface area contributed by atoms with Gasteiger partial charge in [-0.2, -0.15) is 0 Å². The summed E-state index contributed by atoms with van der Waals surface area (Å²) in [7, 11) is -2.74. The predicted octanol–water partition coefficient (Wildman–Crippen LogP) is -0.603. The molecule has 0 aliphatic rings. The Morgan fingerprint density at radius 3 is 2.73 bits per heavy atom. The van der Waals surface area contributed by atoms with Crippen molar-refractivity contribution in [1.82, 2.24) is 9.71 Å². The van der Waals surface area contributed by atoms with Gasteiger partial charge in [0.05, 0.1) is 5.08 Å². The van der Waals surface area contributed by atoms with Gasteiger partial charge in [-0.15, -0.1) is 11.8 Å². The minimum absolute atomic E-state index is 0.0937. The number of nitrogens with one attached hydrogen (secondary N) is 1. The zero-order valence-corrected chi connectivity index (χ0v) is 9.50. The fourth-order valence-corrected chi connectivity index (χ4v) is 2.72.